The Hall–Kier alpha value is -3.75. The number of imide groups is 1. The molecular formula is C21H21N3O2. The Morgan fingerprint density at radius 3 is 1.77 bits per heavy atom. The van der Waals surface area contributed by atoms with Crippen molar-refractivity contribution in [1.82, 2.24) is 11.5 Å². The summed E-state index contributed by atoms with van der Waals surface area (Å²) in [6.07, 6.45) is 4.33. The maximum atomic E-state index is 11.2. The third-order valence-electron chi connectivity index (χ3n) is 2.97. The highest BCUT2D eigenvalue weighted by molar-refractivity contribution is 6.33. The van der Waals surface area contributed by atoms with E-state index < -0.39 is 0 Å². The largest absolute Gasteiger partial charge is 0.344 e. The number of hydrogen-bond donors (Lipinski definition) is 2. The average molecular weight is 347 g/mol. The SMILES string of the molecule is C=CC#N.C=Cc1ccccc1.N.O=C1C=C(c2ccccc2)C(=O)N1. The Morgan fingerprint density at radius 2 is 1.42 bits per heavy atom. The number of allylic oxidation sites excluding steroid dienone is 1. The molecule has 2 amide bonds. The van der Waals surface area contributed by atoms with Crippen LogP contribution in [0.15, 0.2) is 86.0 Å². The van der Waals surface area contributed by atoms with Crippen LogP contribution < -0.4 is 11.5 Å². The molecule has 1 aliphatic rings. The minimum Gasteiger partial charge on any atom is -0.344 e. The quantitative estimate of drug-likeness (QED) is 0.634. The number of amides is 2. The highest BCUT2D eigenvalue weighted by atomic mass is 16.2. The van der Waals surface area contributed by atoms with Crippen molar-refractivity contribution in [3.63, 3.8) is 0 Å². The molecule has 1 heterocycles. The molecule has 0 saturated heterocycles. The van der Waals surface area contributed by atoms with Gasteiger partial charge in [0.25, 0.3) is 11.8 Å². The number of hydrogen-bond acceptors (Lipinski definition) is 4. The number of nitrogens with zero attached hydrogens (tertiary/aromatic N) is 1. The fourth-order valence-corrected chi connectivity index (χ4v) is 1.83. The van der Waals surface area contributed by atoms with Gasteiger partial charge in [0.15, 0.2) is 0 Å². The zero-order chi connectivity index (χ0) is 18.5. The molecule has 4 N–H and O–H groups in total. The van der Waals surface area contributed by atoms with Gasteiger partial charge in [0.2, 0.25) is 0 Å². The molecule has 0 fully saturated rings. The fraction of sp³-hybridized carbons (Fsp3) is 0. The molecule has 0 unspecified atom stereocenters. The summed E-state index contributed by atoms with van der Waals surface area (Å²) in [5.41, 5.74) is 2.38. The first kappa shape index (κ1) is 22.2. The molecule has 2 aromatic carbocycles. The van der Waals surface area contributed by atoms with E-state index in [1.54, 1.807) is 18.2 Å². The summed E-state index contributed by atoms with van der Waals surface area (Å²) >= 11 is 0. The van der Waals surface area contributed by atoms with Gasteiger partial charge in [-0.3, -0.25) is 14.9 Å². The topological polar surface area (TPSA) is 105 Å². The number of carbonyl (C=O) groups excluding carboxylic acids is 2. The monoisotopic (exact) mass is 347 g/mol. The van der Waals surface area contributed by atoms with Crippen molar-refractivity contribution in [1.29, 1.82) is 5.26 Å². The number of nitrogens with one attached hydrogen (secondary N) is 1. The van der Waals surface area contributed by atoms with Crippen molar-refractivity contribution in [2.24, 2.45) is 0 Å². The van der Waals surface area contributed by atoms with Crippen LogP contribution in [0, 0.1) is 11.3 Å². The summed E-state index contributed by atoms with van der Waals surface area (Å²) in [6.45, 7) is 6.75. The maximum Gasteiger partial charge on any atom is 0.258 e. The highest BCUT2D eigenvalue weighted by Gasteiger charge is 2.21. The Bertz CT molecular complexity index is 804. The zero-order valence-corrected chi connectivity index (χ0v) is 14.4. The molecule has 132 valence electrons. The summed E-state index contributed by atoms with van der Waals surface area (Å²) in [5, 5.41) is 9.70. The van der Waals surface area contributed by atoms with Crippen LogP contribution in [0.3, 0.4) is 0 Å². The number of rotatable bonds is 2. The maximum absolute atomic E-state index is 11.2. The molecule has 0 radical (unpaired) electrons. The van der Waals surface area contributed by atoms with E-state index in [-0.39, 0.29) is 18.0 Å². The second kappa shape index (κ2) is 12.6. The predicted octanol–water partition coefficient (Wildman–Crippen LogP) is 3.91. The molecule has 0 aliphatic carbocycles. The Balaban J connectivity index is 0.000000414. The molecule has 0 bridgehead atoms. The van der Waals surface area contributed by atoms with Gasteiger partial charge in [-0.25, -0.2) is 0 Å². The van der Waals surface area contributed by atoms with Crippen LogP contribution in [0.5, 0.6) is 0 Å². The first-order valence-corrected chi connectivity index (χ1v) is 7.42. The molecule has 5 heteroatoms. The number of nitriles is 1. The van der Waals surface area contributed by atoms with Crippen LogP contribution in [0.2, 0.25) is 0 Å². The van der Waals surface area contributed by atoms with Crippen molar-refractivity contribution in [2.75, 3.05) is 0 Å². The average Bonchev–Trinajstić information content (AvgIpc) is 3.02. The van der Waals surface area contributed by atoms with E-state index >= 15 is 0 Å². The summed E-state index contributed by atoms with van der Waals surface area (Å²) in [5.74, 6) is -0.667. The molecule has 5 nitrogen and oxygen atoms in total. The van der Waals surface area contributed by atoms with Crippen molar-refractivity contribution in [3.8, 4) is 6.07 Å². The van der Waals surface area contributed by atoms with Crippen molar-refractivity contribution < 1.29 is 9.59 Å². The molecule has 0 aromatic heterocycles. The van der Waals surface area contributed by atoms with E-state index in [0.29, 0.717) is 5.57 Å². The first-order valence-electron chi connectivity index (χ1n) is 7.42. The lowest BCUT2D eigenvalue weighted by Gasteiger charge is -1.97. The third-order valence-corrected chi connectivity index (χ3v) is 2.97. The van der Waals surface area contributed by atoms with Gasteiger partial charge in [-0.15, -0.1) is 0 Å². The zero-order valence-electron chi connectivity index (χ0n) is 14.4. The van der Waals surface area contributed by atoms with E-state index in [4.69, 9.17) is 5.26 Å². The van der Waals surface area contributed by atoms with E-state index in [1.165, 1.54) is 17.7 Å². The molecule has 3 rings (SSSR count). The van der Waals surface area contributed by atoms with Gasteiger partial charge in [-0.1, -0.05) is 79.9 Å². The van der Waals surface area contributed by atoms with Crippen LogP contribution in [0.25, 0.3) is 11.6 Å². The lowest BCUT2D eigenvalue weighted by atomic mass is 10.1. The molecular weight excluding hydrogens is 326 g/mol. The predicted molar refractivity (Wildman–Crippen MR) is 105 cm³/mol. The Kier molecular flexibility index (Phi) is 10.8. The third kappa shape index (κ3) is 7.68. The minimum absolute atomic E-state index is 0. The fourth-order valence-electron chi connectivity index (χ4n) is 1.83. The van der Waals surface area contributed by atoms with Crippen LogP contribution in [-0.4, -0.2) is 11.8 Å². The van der Waals surface area contributed by atoms with Gasteiger partial charge in [0, 0.05) is 12.2 Å². The summed E-state index contributed by atoms with van der Waals surface area (Å²) in [7, 11) is 0. The lowest BCUT2D eigenvalue weighted by molar-refractivity contribution is -0.123. The molecule has 26 heavy (non-hydrogen) atoms. The van der Waals surface area contributed by atoms with Crippen LogP contribution in [-0.2, 0) is 9.59 Å². The first-order chi connectivity index (χ1) is 12.1. The van der Waals surface area contributed by atoms with Gasteiger partial charge >= 0.3 is 0 Å². The number of carbonyl (C=O) groups is 2. The van der Waals surface area contributed by atoms with Crippen LogP contribution in [0.4, 0.5) is 0 Å². The van der Waals surface area contributed by atoms with E-state index in [2.05, 4.69) is 18.5 Å². The summed E-state index contributed by atoms with van der Waals surface area (Å²) in [4.78, 5) is 22.0. The van der Waals surface area contributed by atoms with Gasteiger partial charge in [0.05, 0.1) is 11.6 Å². The molecule has 0 atom stereocenters. The molecule has 1 aliphatic heterocycles. The highest BCUT2D eigenvalue weighted by Crippen LogP contribution is 2.16. The Morgan fingerprint density at radius 1 is 0.923 bits per heavy atom. The van der Waals surface area contributed by atoms with Gasteiger partial charge in [0.1, 0.15) is 0 Å². The standard InChI is InChI=1S/C10H7NO2.C8H8.C3H3N.H3N/c12-9-6-8(10(13)11-9)7-4-2-1-3-5-7;1-2-8-6-4-3-5-7-8;1-2-3-4;/h1-6H,(H,11,12,13);2-7H,1H2;2H,1H2;1H3. The van der Waals surface area contributed by atoms with E-state index in [0.717, 1.165) is 5.56 Å². The normalized spacial score (nSPS) is 11.0. The molecule has 0 saturated carbocycles. The number of benzene rings is 2. The van der Waals surface area contributed by atoms with Crippen LogP contribution in [0.1, 0.15) is 11.1 Å². The van der Waals surface area contributed by atoms with Gasteiger partial charge in [-0.05, 0) is 11.1 Å². The second-order valence-electron chi connectivity index (χ2n) is 4.69. The van der Waals surface area contributed by atoms with Gasteiger partial charge in [-0.2, -0.15) is 5.26 Å². The van der Waals surface area contributed by atoms with Crippen molar-refractivity contribution in [3.05, 3.63) is 97.1 Å². The second-order valence-corrected chi connectivity index (χ2v) is 4.69. The van der Waals surface area contributed by atoms with E-state index in [1.807, 2.05) is 54.6 Å². The van der Waals surface area contributed by atoms with Crippen LogP contribution >= 0.6 is 0 Å². The van der Waals surface area contributed by atoms with E-state index in [9.17, 15) is 9.59 Å². The minimum atomic E-state index is -0.344. The summed E-state index contributed by atoms with van der Waals surface area (Å²) in [6, 6.07) is 20.8. The van der Waals surface area contributed by atoms with Crippen molar-refractivity contribution >= 4 is 23.5 Å². The smallest absolute Gasteiger partial charge is 0.258 e. The molecule has 0 spiro atoms. The van der Waals surface area contributed by atoms with Crippen molar-refractivity contribution in [2.45, 2.75) is 0 Å². The summed E-state index contributed by atoms with van der Waals surface area (Å²) < 4.78 is 0. The lowest BCUT2D eigenvalue weighted by Crippen LogP contribution is -2.21. The van der Waals surface area contributed by atoms with Gasteiger partial charge < -0.3 is 6.15 Å². The Labute approximate surface area is 153 Å². The molecule has 2 aromatic rings.